The van der Waals surface area contributed by atoms with Crippen molar-refractivity contribution in [2.45, 2.75) is 57.0 Å². The maximum Gasteiger partial charge on any atom is 0.222 e. The molecule has 0 bridgehead atoms. The standard InChI is InChI=1S/C16H25NO3S2/c1-12-8-10-21-14(12)5-6-15(18)17-9-7-13(11-17)22(19,20)16(2,3)4/h8,10,13H,5-7,9,11H2,1-4H3/t13-/m1/s1. The normalized spacial score (nSPS) is 19.6. The Kier molecular flexibility index (Phi) is 5.02. The lowest BCUT2D eigenvalue weighted by atomic mass is 10.2. The first-order valence-electron chi connectivity index (χ1n) is 7.67. The van der Waals surface area contributed by atoms with Gasteiger partial charge in [0.1, 0.15) is 0 Å². The summed E-state index contributed by atoms with van der Waals surface area (Å²) in [5, 5.41) is 1.62. The molecule has 1 aliphatic heterocycles. The lowest BCUT2D eigenvalue weighted by molar-refractivity contribution is -0.130. The summed E-state index contributed by atoms with van der Waals surface area (Å²) in [5.74, 6) is 0.0689. The van der Waals surface area contributed by atoms with Crippen LogP contribution in [0.4, 0.5) is 0 Å². The number of carbonyl (C=O) groups excluding carboxylic acids is 1. The molecule has 1 aromatic rings. The van der Waals surface area contributed by atoms with E-state index in [9.17, 15) is 13.2 Å². The van der Waals surface area contributed by atoms with Crippen molar-refractivity contribution in [1.29, 1.82) is 0 Å². The monoisotopic (exact) mass is 343 g/mol. The van der Waals surface area contributed by atoms with E-state index in [2.05, 4.69) is 13.0 Å². The average Bonchev–Trinajstić information content (AvgIpc) is 3.04. The summed E-state index contributed by atoms with van der Waals surface area (Å²) >= 11 is 1.68. The molecule has 0 spiro atoms. The van der Waals surface area contributed by atoms with Gasteiger partial charge in [0.25, 0.3) is 0 Å². The van der Waals surface area contributed by atoms with Crippen LogP contribution in [0.2, 0.25) is 0 Å². The van der Waals surface area contributed by atoms with Crippen LogP contribution in [0.5, 0.6) is 0 Å². The summed E-state index contributed by atoms with van der Waals surface area (Å²) in [6.45, 7) is 8.15. The van der Waals surface area contributed by atoms with Crippen LogP contribution in [0.25, 0.3) is 0 Å². The molecule has 1 amide bonds. The second-order valence-electron chi connectivity index (χ2n) is 6.93. The third-order valence-corrected chi connectivity index (χ3v) is 8.38. The first kappa shape index (κ1) is 17.5. The molecule has 124 valence electrons. The van der Waals surface area contributed by atoms with E-state index in [1.807, 2.05) is 5.38 Å². The zero-order chi connectivity index (χ0) is 16.5. The Morgan fingerprint density at radius 2 is 2.09 bits per heavy atom. The molecule has 2 rings (SSSR count). The third kappa shape index (κ3) is 3.54. The van der Waals surface area contributed by atoms with Gasteiger partial charge in [-0.15, -0.1) is 11.3 Å². The number of aryl methyl sites for hydroxylation is 2. The fourth-order valence-corrected chi connectivity index (χ4v) is 5.45. The van der Waals surface area contributed by atoms with Gasteiger partial charge in [0.05, 0.1) is 10.00 Å². The summed E-state index contributed by atoms with van der Waals surface area (Å²) in [6, 6.07) is 2.06. The second-order valence-corrected chi connectivity index (χ2v) is 10.9. The van der Waals surface area contributed by atoms with Gasteiger partial charge in [-0.3, -0.25) is 4.79 Å². The molecule has 1 saturated heterocycles. The number of amides is 1. The highest BCUT2D eigenvalue weighted by atomic mass is 32.2. The largest absolute Gasteiger partial charge is 0.341 e. The van der Waals surface area contributed by atoms with Crippen LogP contribution in [0.1, 0.15) is 44.1 Å². The van der Waals surface area contributed by atoms with Gasteiger partial charge in [0.15, 0.2) is 9.84 Å². The maximum atomic E-state index is 12.5. The van der Waals surface area contributed by atoms with E-state index in [1.54, 1.807) is 37.0 Å². The van der Waals surface area contributed by atoms with Gasteiger partial charge in [-0.25, -0.2) is 8.42 Å². The molecule has 1 aromatic heterocycles. The molecule has 0 aliphatic carbocycles. The van der Waals surface area contributed by atoms with Gasteiger partial charge in [-0.1, -0.05) is 0 Å². The van der Waals surface area contributed by atoms with E-state index in [0.29, 0.717) is 25.9 Å². The lowest BCUT2D eigenvalue weighted by Crippen LogP contribution is -2.39. The van der Waals surface area contributed by atoms with E-state index < -0.39 is 19.8 Å². The van der Waals surface area contributed by atoms with Gasteiger partial charge in [0.2, 0.25) is 5.91 Å². The van der Waals surface area contributed by atoms with Crippen molar-refractivity contribution in [3.05, 3.63) is 21.9 Å². The van der Waals surface area contributed by atoms with Gasteiger partial charge in [-0.2, -0.15) is 0 Å². The molecule has 1 fully saturated rings. The minimum absolute atomic E-state index is 0.0689. The highest BCUT2D eigenvalue weighted by Crippen LogP contribution is 2.27. The summed E-state index contributed by atoms with van der Waals surface area (Å²) < 4.78 is 24.2. The molecule has 0 radical (unpaired) electrons. The maximum absolute atomic E-state index is 12.5. The molecule has 0 unspecified atom stereocenters. The quantitative estimate of drug-likeness (QED) is 0.845. The molecule has 1 aliphatic rings. The molecule has 0 N–H and O–H groups in total. The van der Waals surface area contributed by atoms with Gasteiger partial charge in [-0.05, 0) is 57.5 Å². The Morgan fingerprint density at radius 3 is 2.64 bits per heavy atom. The SMILES string of the molecule is Cc1ccsc1CCC(=O)N1CC[C@@H](S(=O)(=O)C(C)(C)C)C1. The van der Waals surface area contributed by atoms with E-state index in [4.69, 9.17) is 0 Å². The molecular formula is C16H25NO3S2. The zero-order valence-corrected chi connectivity index (χ0v) is 15.4. The van der Waals surface area contributed by atoms with Crippen molar-refractivity contribution in [3.8, 4) is 0 Å². The number of nitrogens with zero attached hydrogens (tertiary/aromatic N) is 1. The Bertz CT molecular complexity index is 641. The summed E-state index contributed by atoms with van der Waals surface area (Å²) in [4.78, 5) is 15.3. The molecule has 6 heteroatoms. The van der Waals surface area contributed by atoms with E-state index >= 15 is 0 Å². The van der Waals surface area contributed by atoms with Crippen LogP contribution in [-0.2, 0) is 21.1 Å². The molecule has 2 heterocycles. The van der Waals surface area contributed by atoms with E-state index in [1.165, 1.54) is 10.4 Å². The molecule has 22 heavy (non-hydrogen) atoms. The van der Waals surface area contributed by atoms with E-state index in [0.717, 1.165) is 6.42 Å². The number of hydrogen-bond donors (Lipinski definition) is 0. The molecule has 0 aromatic carbocycles. The van der Waals surface area contributed by atoms with Crippen molar-refractivity contribution in [1.82, 2.24) is 4.90 Å². The third-order valence-electron chi connectivity index (χ3n) is 4.32. The van der Waals surface area contributed by atoms with Gasteiger partial charge < -0.3 is 4.90 Å². The summed E-state index contributed by atoms with van der Waals surface area (Å²) in [7, 11) is -3.20. The van der Waals surface area contributed by atoms with Crippen molar-refractivity contribution in [2.75, 3.05) is 13.1 Å². The molecule has 0 saturated carbocycles. The zero-order valence-electron chi connectivity index (χ0n) is 13.8. The fraction of sp³-hybridized carbons (Fsp3) is 0.688. The fourth-order valence-electron chi connectivity index (χ4n) is 2.75. The Morgan fingerprint density at radius 1 is 1.41 bits per heavy atom. The highest BCUT2D eigenvalue weighted by molar-refractivity contribution is 7.93. The second kappa shape index (κ2) is 6.32. The predicted molar refractivity (Wildman–Crippen MR) is 91.0 cm³/mol. The minimum Gasteiger partial charge on any atom is -0.341 e. The Balaban J connectivity index is 1.93. The minimum atomic E-state index is -3.20. The number of rotatable bonds is 4. The average molecular weight is 344 g/mol. The van der Waals surface area contributed by atoms with Gasteiger partial charge >= 0.3 is 0 Å². The Labute approximate surface area is 137 Å². The molecular weight excluding hydrogens is 318 g/mol. The highest BCUT2D eigenvalue weighted by Gasteiger charge is 2.41. The number of carbonyl (C=O) groups is 1. The first-order chi connectivity index (χ1) is 10.1. The molecule has 1 atom stereocenters. The summed E-state index contributed by atoms with van der Waals surface area (Å²) in [6.07, 6.45) is 1.77. The smallest absolute Gasteiger partial charge is 0.222 e. The predicted octanol–water partition coefficient (Wildman–Crippen LogP) is 2.80. The summed E-state index contributed by atoms with van der Waals surface area (Å²) in [5.41, 5.74) is 1.23. The van der Waals surface area contributed by atoms with Crippen LogP contribution in [0.3, 0.4) is 0 Å². The van der Waals surface area contributed by atoms with Crippen molar-refractivity contribution < 1.29 is 13.2 Å². The number of hydrogen-bond acceptors (Lipinski definition) is 4. The van der Waals surface area contributed by atoms with Crippen LogP contribution < -0.4 is 0 Å². The van der Waals surface area contributed by atoms with Crippen LogP contribution in [0.15, 0.2) is 11.4 Å². The number of sulfone groups is 1. The number of thiophene rings is 1. The van der Waals surface area contributed by atoms with Crippen LogP contribution >= 0.6 is 11.3 Å². The first-order valence-corrected chi connectivity index (χ1v) is 10.1. The van der Waals surface area contributed by atoms with Gasteiger partial charge in [0, 0.05) is 24.4 Å². The van der Waals surface area contributed by atoms with Crippen molar-refractivity contribution >= 4 is 27.1 Å². The number of likely N-dealkylation sites (tertiary alicyclic amines) is 1. The Hall–Kier alpha value is -0.880. The van der Waals surface area contributed by atoms with Crippen LogP contribution in [-0.4, -0.2) is 42.3 Å². The van der Waals surface area contributed by atoms with Crippen LogP contribution in [0, 0.1) is 6.92 Å². The lowest BCUT2D eigenvalue weighted by Gasteiger charge is -2.24. The van der Waals surface area contributed by atoms with E-state index in [-0.39, 0.29) is 5.91 Å². The topological polar surface area (TPSA) is 54.5 Å². The van der Waals surface area contributed by atoms with Crippen molar-refractivity contribution in [2.24, 2.45) is 0 Å². The molecule has 4 nitrogen and oxygen atoms in total. The van der Waals surface area contributed by atoms with Crippen molar-refractivity contribution in [3.63, 3.8) is 0 Å².